The van der Waals surface area contributed by atoms with Crippen LogP contribution in [0.2, 0.25) is 0 Å². The van der Waals surface area contributed by atoms with Gasteiger partial charge in [-0.15, -0.1) is 0 Å². The van der Waals surface area contributed by atoms with Crippen LogP contribution in [0.25, 0.3) is 98.4 Å². The van der Waals surface area contributed by atoms with E-state index >= 15 is 0 Å². The molecule has 0 atom stereocenters. The van der Waals surface area contributed by atoms with Gasteiger partial charge in [0.05, 0.1) is 0 Å². The van der Waals surface area contributed by atoms with Crippen molar-refractivity contribution in [3.05, 3.63) is 157 Å². The van der Waals surface area contributed by atoms with Crippen molar-refractivity contribution < 1.29 is 0 Å². The SMILES string of the molecule is Cc1ccc2c(c1)c(-c1cc3ccccc3c3ccccc13)cc1c3ccc(C)c4c3c(cc21)-c1cc(-c2ccccc2)ccc1-4. The molecule has 0 saturated heterocycles. The summed E-state index contributed by atoms with van der Waals surface area (Å²) in [6, 6.07) is 54.6. The van der Waals surface area contributed by atoms with Crippen molar-refractivity contribution in [3.8, 4) is 44.5 Å². The smallest absolute Gasteiger partial charge is 0.00172 e. The lowest BCUT2D eigenvalue weighted by Gasteiger charge is -2.17. The van der Waals surface area contributed by atoms with Crippen LogP contribution in [-0.2, 0) is 0 Å². The molecule has 0 unspecified atom stereocenters. The third-order valence-electron chi connectivity index (χ3n) is 10.3. The second-order valence-electron chi connectivity index (χ2n) is 13.0. The summed E-state index contributed by atoms with van der Waals surface area (Å²) in [5.74, 6) is 0. The van der Waals surface area contributed by atoms with Crippen LogP contribution in [0.15, 0.2) is 146 Å². The molecular weight excluding hydrogens is 553 g/mol. The molecule has 214 valence electrons. The zero-order chi connectivity index (χ0) is 30.5. The van der Waals surface area contributed by atoms with Gasteiger partial charge in [0.2, 0.25) is 0 Å². The zero-order valence-corrected chi connectivity index (χ0v) is 25.9. The highest BCUT2D eigenvalue weighted by Gasteiger charge is 2.26. The summed E-state index contributed by atoms with van der Waals surface area (Å²) >= 11 is 0. The van der Waals surface area contributed by atoms with E-state index in [-0.39, 0.29) is 0 Å². The highest BCUT2D eigenvalue weighted by molar-refractivity contribution is 6.30. The Bertz CT molecular complexity index is 2750. The molecule has 0 aromatic heterocycles. The quantitative estimate of drug-likeness (QED) is 0.178. The number of fused-ring (bicyclic) bond motifs is 10. The van der Waals surface area contributed by atoms with Crippen molar-refractivity contribution in [1.29, 1.82) is 0 Å². The monoisotopic (exact) mass is 582 g/mol. The van der Waals surface area contributed by atoms with Gasteiger partial charge in [0, 0.05) is 0 Å². The normalized spacial score (nSPS) is 12.1. The molecule has 1 aliphatic rings. The number of hydrogen-bond donors (Lipinski definition) is 0. The summed E-state index contributed by atoms with van der Waals surface area (Å²) in [6.45, 7) is 4.47. The van der Waals surface area contributed by atoms with Crippen molar-refractivity contribution in [2.45, 2.75) is 13.8 Å². The van der Waals surface area contributed by atoms with E-state index in [1.165, 1.54) is 109 Å². The Labute approximate surface area is 268 Å². The van der Waals surface area contributed by atoms with Crippen molar-refractivity contribution in [3.63, 3.8) is 0 Å². The lowest BCUT2D eigenvalue weighted by atomic mass is 9.86. The summed E-state index contributed by atoms with van der Waals surface area (Å²) in [5, 5.41) is 13.1. The highest BCUT2D eigenvalue weighted by Crippen LogP contribution is 2.53. The summed E-state index contributed by atoms with van der Waals surface area (Å²) in [4.78, 5) is 0. The molecule has 0 radical (unpaired) electrons. The van der Waals surface area contributed by atoms with Crippen molar-refractivity contribution in [2.75, 3.05) is 0 Å². The molecule has 0 spiro atoms. The van der Waals surface area contributed by atoms with E-state index in [1.54, 1.807) is 0 Å². The summed E-state index contributed by atoms with van der Waals surface area (Å²) in [7, 11) is 0. The predicted molar refractivity (Wildman–Crippen MR) is 199 cm³/mol. The minimum Gasteiger partial charge on any atom is -0.0622 e. The van der Waals surface area contributed by atoms with Gasteiger partial charge in [-0.1, -0.05) is 127 Å². The first-order valence-electron chi connectivity index (χ1n) is 16.2. The van der Waals surface area contributed by atoms with Gasteiger partial charge in [0.25, 0.3) is 0 Å². The minimum atomic E-state index is 1.25. The second kappa shape index (κ2) is 9.39. The first kappa shape index (κ1) is 25.6. The van der Waals surface area contributed by atoms with Gasteiger partial charge in [-0.25, -0.2) is 0 Å². The molecule has 0 nitrogen and oxygen atoms in total. The van der Waals surface area contributed by atoms with E-state index in [4.69, 9.17) is 0 Å². The lowest BCUT2D eigenvalue weighted by Crippen LogP contribution is -1.90. The molecular formula is C46H30. The molecule has 0 amide bonds. The second-order valence-corrected chi connectivity index (χ2v) is 13.0. The van der Waals surface area contributed by atoms with Crippen LogP contribution >= 0.6 is 0 Å². The number of benzene rings is 9. The maximum Gasteiger partial charge on any atom is -0.00172 e. The Hall–Kier alpha value is -5.72. The molecule has 0 bridgehead atoms. The predicted octanol–water partition coefficient (Wildman–Crippen LogP) is 13.1. The average Bonchev–Trinajstić information content (AvgIpc) is 3.43. The molecule has 9 aromatic rings. The molecule has 46 heavy (non-hydrogen) atoms. The molecule has 9 aromatic carbocycles. The Morgan fingerprint density at radius 2 is 1.00 bits per heavy atom. The molecule has 0 fully saturated rings. The van der Waals surface area contributed by atoms with Gasteiger partial charge >= 0.3 is 0 Å². The van der Waals surface area contributed by atoms with Crippen LogP contribution in [0, 0.1) is 13.8 Å². The molecule has 0 heteroatoms. The third-order valence-corrected chi connectivity index (χ3v) is 10.3. The van der Waals surface area contributed by atoms with Crippen LogP contribution in [0.1, 0.15) is 11.1 Å². The highest BCUT2D eigenvalue weighted by atomic mass is 14.3. The summed E-state index contributed by atoms with van der Waals surface area (Å²) < 4.78 is 0. The molecule has 0 aliphatic heterocycles. The summed E-state index contributed by atoms with van der Waals surface area (Å²) in [5.41, 5.74) is 13.1. The van der Waals surface area contributed by atoms with E-state index in [9.17, 15) is 0 Å². The van der Waals surface area contributed by atoms with Gasteiger partial charge < -0.3 is 0 Å². The molecule has 10 rings (SSSR count). The first-order chi connectivity index (χ1) is 22.6. The van der Waals surface area contributed by atoms with Crippen LogP contribution in [0.5, 0.6) is 0 Å². The van der Waals surface area contributed by atoms with Gasteiger partial charge in [0.15, 0.2) is 0 Å². The number of aryl methyl sites for hydroxylation is 2. The fourth-order valence-corrected chi connectivity index (χ4v) is 8.22. The largest absolute Gasteiger partial charge is 0.0622 e. The summed E-state index contributed by atoms with van der Waals surface area (Å²) in [6.07, 6.45) is 0. The lowest BCUT2D eigenvalue weighted by molar-refractivity contribution is 1.51. The van der Waals surface area contributed by atoms with Crippen LogP contribution in [-0.4, -0.2) is 0 Å². The van der Waals surface area contributed by atoms with E-state index < -0.39 is 0 Å². The van der Waals surface area contributed by atoms with E-state index in [2.05, 4.69) is 159 Å². The number of hydrogen-bond acceptors (Lipinski definition) is 0. The van der Waals surface area contributed by atoms with Crippen LogP contribution in [0.4, 0.5) is 0 Å². The van der Waals surface area contributed by atoms with E-state index in [0.29, 0.717) is 0 Å². The maximum absolute atomic E-state index is 2.49. The van der Waals surface area contributed by atoms with Crippen molar-refractivity contribution in [2.24, 2.45) is 0 Å². The van der Waals surface area contributed by atoms with Crippen molar-refractivity contribution in [1.82, 2.24) is 0 Å². The average molecular weight is 583 g/mol. The topological polar surface area (TPSA) is 0 Å². The van der Waals surface area contributed by atoms with Gasteiger partial charge in [0.1, 0.15) is 0 Å². The number of rotatable bonds is 2. The Morgan fingerprint density at radius 3 is 1.87 bits per heavy atom. The van der Waals surface area contributed by atoms with E-state index in [1.807, 2.05) is 0 Å². The van der Waals surface area contributed by atoms with Gasteiger partial charge in [-0.05, 0) is 142 Å². The maximum atomic E-state index is 2.49. The molecule has 1 aliphatic carbocycles. The third kappa shape index (κ3) is 3.50. The molecule has 0 saturated carbocycles. The zero-order valence-electron chi connectivity index (χ0n) is 25.9. The standard InChI is InChI=1S/C46H30/c1-27-16-19-35-38(22-27)43(39-24-31-12-6-7-13-32(31)33-14-8-9-15-34(33)39)25-42-37-20-17-28(2)45-36-21-18-30(29-10-4-3-5-11-29)23-40(36)44(46(37)45)26-41(35)42/h3-26H,1-2H3. The van der Waals surface area contributed by atoms with Gasteiger partial charge in [-0.3, -0.25) is 0 Å². The molecule has 0 N–H and O–H groups in total. The Balaban J connectivity index is 1.35. The first-order valence-corrected chi connectivity index (χ1v) is 16.2. The van der Waals surface area contributed by atoms with Crippen LogP contribution in [0.3, 0.4) is 0 Å². The fraction of sp³-hybridized carbons (Fsp3) is 0.0435. The minimum absolute atomic E-state index is 1.25. The Kier molecular flexibility index (Phi) is 5.23. The van der Waals surface area contributed by atoms with Crippen LogP contribution < -0.4 is 0 Å². The van der Waals surface area contributed by atoms with E-state index in [0.717, 1.165) is 0 Å². The Morgan fingerprint density at radius 1 is 0.326 bits per heavy atom. The molecule has 0 heterocycles. The van der Waals surface area contributed by atoms with Crippen molar-refractivity contribution >= 4 is 53.9 Å². The van der Waals surface area contributed by atoms with Gasteiger partial charge in [-0.2, -0.15) is 0 Å². The fourth-order valence-electron chi connectivity index (χ4n) is 8.22.